The molecule has 3 aromatic rings. The predicted octanol–water partition coefficient (Wildman–Crippen LogP) is 3.63. The number of hydrogen-bond acceptors (Lipinski definition) is 3. The van der Waals surface area contributed by atoms with Gasteiger partial charge in [-0.1, -0.05) is 17.7 Å². The van der Waals surface area contributed by atoms with E-state index >= 15 is 0 Å². The first-order valence-corrected chi connectivity index (χ1v) is 8.18. The number of ether oxygens (including phenoxy) is 1. The molecule has 0 amide bonds. The van der Waals surface area contributed by atoms with Gasteiger partial charge >= 0.3 is 0 Å². The van der Waals surface area contributed by atoms with Gasteiger partial charge in [0.05, 0.1) is 12.8 Å². The number of benzene rings is 2. The Labute approximate surface area is 147 Å². The van der Waals surface area contributed by atoms with Crippen LogP contribution in [-0.4, -0.2) is 23.4 Å². The molecule has 0 aliphatic carbocycles. The molecule has 4 nitrogen and oxygen atoms in total. The van der Waals surface area contributed by atoms with Gasteiger partial charge in [0.15, 0.2) is 0 Å². The van der Waals surface area contributed by atoms with Crippen molar-refractivity contribution in [1.82, 2.24) is 9.78 Å². The number of aromatic nitrogens is 2. The molecule has 5 heteroatoms. The molecule has 0 aliphatic heterocycles. The molecule has 0 fully saturated rings. The van der Waals surface area contributed by atoms with Gasteiger partial charge in [-0.05, 0) is 43.3 Å². The van der Waals surface area contributed by atoms with Gasteiger partial charge in [-0.2, -0.15) is 5.10 Å². The van der Waals surface area contributed by atoms with Crippen molar-refractivity contribution in [2.24, 2.45) is 12.8 Å². The maximum Gasteiger partial charge on any atom is 0.123 e. The Morgan fingerprint density at radius 2 is 1.88 bits per heavy atom. The molecular weight excluding hydrogens is 317 g/mol. The first-order chi connectivity index (χ1) is 12.0. The first kappa shape index (κ1) is 17.2. The fourth-order valence-electron chi connectivity index (χ4n) is 3.10. The zero-order valence-corrected chi connectivity index (χ0v) is 14.7. The Bertz CT molecular complexity index is 871. The molecule has 2 N–H and O–H groups in total. The van der Waals surface area contributed by atoms with Crippen LogP contribution in [0.2, 0.25) is 0 Å². The van der Waals surface area contributed by atoms with E-state index in [4.69, 9.17) is 10.5 Å². The summed E-state index contributed by atoms with van der Waals surface area (Å²) in [7, 11) is 3.56. The van der Waals surface area contributed by atoms with Crippen LogP contribution in [-0.2, 0) is 7.05 Å². The molecule has 1 atom stereocenters. The third kappa shape index (κ3) is 3.42. The molecule has 1 aromatic heterocycles. The van der Waals surface area contributed by atoms with E-state index < -0.39 is 0 Å². The Kier molecular flexibility index (Phi) is 4.86. The minimum atomic E-state index is -0.260. The maximum absolute atomic E-state index is 13.2. The normalized spacial score (nSPS) is 12.2. The molecule has 0 bridgehead atoms. The molecule has 25 heavy (non-hydrogen) atoms. The number of methoxy groups -OCH3 is 1. The number of nitrogens with two attached hydrogens (primary N) is 1. The van der Waals surface area contributed by atoms with Gasteiger partial charge < -0.3 is 10.5 Å². The van der Waals surface area contributed by atoms with Gasteiger partial charge in [-0.3, -0.25) is 4.68 Å². The van der Waals surface area contributed by atoms with Gasteiger partial charge in [0.2, 0.25) is 0 Å². The standard InChI is InChI=1S/C20H22FN3O/c1-13-4-9-20(25-3)16(10-13)17(12-22)19-11-18(23-24(19)2)14-5-7-15(21)8-6-14/h4-11,17H,12,22H2,1-3H3. The number of rotatable bonds is 5. The summed E-state index contributed by atoms with van der Waals surface area (Å²) in [5.74, 6) is 0.511. The highest BCUT2D eigenvalue weighted by Gasteiger charge is 2.21. The van der Waals surface area contributed by atoms with E-state index in [1.54, 1.807) is 19.2 Å². The van der Waals surface area contributed by atoms with Crippen LogP contribution in [0.25, 0.3) is 11.3 Å². The third-order valence-electron chi connectivity index (χ3n) is 4.41. The van der Waals surface area contributed by atoms with Crippen molar-refractivity contribution in [3.8, 4) is 17.0 Å². The van der Waals surface area contributed by atoms with Crippen LogP contribution in [0.5, 0.6) is 5.75 Å². The van der Waals surface area contributed by atoms with Crippen molar-refractivity contribution in [2.75, 3.05) is 13.7 Å². The summed E-state index contributed by atoms with van der Waals surface area (Å²) < 4.78 is 20.5. The quantitative estimate of drug-likeness (QED) is 0.772. The predicted molar refractivity (Wildman–Crippen MR) is 97.2 cm³/mol. The summed E-state index contributed by atoms with van der Waals surface area (Å²) >= 11 is 0. The lowest BCUT2D eigenvalue weighted by Crippen LogP contribution is -2.18. The Morgan fingerprint density at radius 3 is 2.52 bits per heavy atom. The molecule has 3 rings (SSSR count). The summed E-state index contributed by atoms with van der Waals surface area (Å²) in [5.41, 5.74) is 10.9. The molecular formula is C20H22FN3O. The second kappa shape index (κ2) is 7.07. The summed E-state index contributed by atoms with van der Waals surface area (Å²) in [4.78, 5) is 0. The van der Waals surface area contributed by atoms with E-state index in [1.807, 2.05) is 36.9 Å². The average molecular weight is 339 g/mol. The number of halogens is 1. The van der Waals surface area contributed by atoms with E-state index in [0.717, 1.165) is 33.8 Å². The Balaban J connectivity index is 2.05. The van der Waals surface area contributed by atoms with Crippen LogP contribution >= 0.6 is 0 Å². The minimum Gasteiger partial charge on any atom is -0.496 e. The summed E-state index contributed by atoms with van der Waals surface area (Å²) in [6.07, 6.45) is 0. The smallest absolute Gasteiger partial charge is 0.123 e. The molecule has 0 saturated heterocycles. The average Bonchev–Trinajstić information content (AvgIpc) is 2.98. The first-order valence-electron chi connectivity index (χ1n) is 8.18. The van der Waals surface area contributed by atoms with Crippen molar-refractivity contribution in [3.05, 3.63) is 71.2 Å². The van der Waals surface area contributed by atoms with Crippen LogP contribution in [0.3, 0.4) is 0 Å². The van der Waals surface area contributed by atoms with Gasteiger partial charge in [-0.25, -0.2) is 4.39 Å². The fraction of sp³-hybridized carbons (Fsp3) is 0.250. The van der Waals surface area contributed by atoms with Gasteiger partial charge in [0, 0.05) is 36.3 Å². The highest BCUT2D eigenvalue weighted by atomic mass is 19.1. The van der Waals surface area contributed by atoms with Crippen LogP contribution < -0.4 is 10.5 Å². The van der Waals surface area contributed by atoms with E-state index in [9.17, 15) is 4.39 Å². The lowest BCUT2D eigenvalue weighted by Gasteiger charge is -2.19. The third-order valence-corrected chi connectivity index (χ3v) is 4.41. The molecule has 0 spiro atoms. The second-order valence-corrected chi connectivity index (χ2v) is 6.12. The summed E-state index contributed by atoms with van der Waals surface area (Å²) in [5, 5.41) is 4.58. The van der Waals surface area contributed by atoms with Crippen LogP contribution in [0.1, 0.15) is 22.7 Å². The highest BCUT2D eigenvalue weighted by Crippen LogP contribution is 2.33. The fourth-order valence-corrected chi connectivity index (χ4v) is 3.10. The summed E-state index contributed by atoms with van der Waals surface area (Å²) in [6.45, 7) is 2.48. The number of hydrogen-bond donors (Lipinski definition) is 1. The molecule has 2 aromatic carbocycles. The highest BCUT2D eigenvalue weighted by molar-refractivity contribution is 5.60. The zero-order chi connectivity index (χ0) is 18.0. The molecule has 1 heterocycles. The van der Waals surface area contributed by atoms with Crippen LogP contribution in [0.4, 0.5) is 4.39 Å². The van der Waals surface area contributed by atoms with Crippen molar-refractivity contribution in [3.63, 3.8) is 0 Å². The molecule has 0 saturated carbocycles. The van der Waals surface area contributed by atoms with Gasteiger partial charge in [-0.15, -0.1) is 0 Å². The second-order valence-electron chi connectivity index (χ2n) is 6.12. The van der Waals surface area contributed by atoms with Gasteiger partial charge in [0.1, 0.15) is 11.6 Å². The maximum atomic E-state index is 13.2. The SMILES string of the molecule is COc1ccc(C)cc1C(CN)c1cc(-c2ccc(F)cc2)nn1C. The van der Waals surface area contributed by atoms with Crippen molar-refractivity contribution in [1.29, 1.82) is 0 Å². The lowest BCUT2D eigenvalue weighted by atomic mass is 9.93. The molecule has 0 aliphatic rings. The lowest BCUT2D eigenvalue weighted by molar-refractivity contribution is 0.406. The Hall–Kier alpha value is -2.66. The molecule has 0 radical (unpaired) electrons. The van der Waals surface area contributed by atoms with Crippen LogP contribution in [0, 0.1) is 12.7 Å². The topological polar surface area (TPSA) is 53.1 Å². The van der Waals surface area contributed by atoms with E-state index in [-0.39, 0.29) is 11.7 Å². The monoisotopic (exact) mass is 339 g/mol. The van der Waals surface area contributed by atoms with E-state index in [2.05, 4.69) is 11.2 Å². The van der Waals surface area contributed by atoms with E-state index in [1.165, 1.54) is 12.1 Å². The summed E-state index contributed by atoms with van der Waals surface area (Å²) in [6, 6.07) is 14.4. The number of aryl methyl sites for hydroxylation is 2. The molecule has 1 unspecified atom stereocenters. The van der Waals surface area contributed by atoms with E-state index in [0.29, 0.717) is 6.54 Å². The Morgan fingerprint density at radius 1 is 1.16 bits per heavy atom. The van der Waals surface area contributed by atoms with Crippen LogP contribution in [0.15, 0.2) is 48.5 Å². The van der Waals surface area contributed by atoms with Crippen molar-refractivity contribution >= 4 is 0 Å². The minimum absolute atomic E-state index is 0.0402. The largest absolute Gasteiger partial charge is 0.496 e. The van der Waals surface area contributed by atoms with Crippen molar-refractivity contribution in [2.45, 2.75) is 12.8 Å². The molecule has 130 valence electrons. The zero-order valence-electron chi connectivity index (χ0n) is 14.7. The number of nitrogens with zero attached hydrogens (tertiary/aromatic N) is 2. The van der Waals surface area contributed by atoms with Crippen molar-refractivity contribution < 1.29 is 9.13 Å². The van der Waals surface area contributed by atoms with Gasteiger partial charge in [0.25, 0.3) is 0 Å².